The molecular weight excluding hydrogens is 362 g/mol. The minimum absolute atomic E-state index is 0. The van der Waals surface area contributed by atoms with Crippen molar-refractivity contribution in [3.63, 3.8) is 0 Å². The van der Waals surface area contributed by atoms with Crippen LogP contribution in [0.5, 0.6) is 0 Å². The van der Waals surface area contributed by atoms with Gasteiger partial charge in [-0.15, -0.1) is 12.4 Å². The summed E-state index contributed by atoms with van der Waals surface area (Å²) in [4.78, 5) is 26.5. The van der Waals surface area contributed by atoms with Crippen LogP contribution in [-0.2, 0) is 22.4 Å². The van der Waals surface area contributed by atoms with Gasteiger partial charge in [-0.1, -0.05) is 37.3 Å². The summed E-state index contributed by atoms with van der Waals surface area (Å²) in [5.74, 6) is -0.220. The SMILES string of the molecule is CC(CN)C(=O)Nc1ccc(CC(=O)N2CCCc3ccccc32)cc1.Cl. The third-order valence-electron chi connectivity index (χ3n) is 4.79. The summed E-state index contributed by atoms with van der Waals surface area (Å²) < 4.78 is 0. The smallest absolute Gasteiger partial charge is 0.231 e. The van der Waals surface area contributed by atoms with Gasteiger partial charge in [0, 0.05) is 30.4 Å². The van der Waals surface area contributed by atoms with E-state index in [1.807, 2.05) is 47.4 Å². The highest BCUT2D eigenvalue weighted by molar-refractivity contribution is 5.96. The number of nitrogens with one attached hydrogen (secondary N) is 1. The Kier molecular flexibility index (Phi) is 7.39. The molecule has 3 rings (SSSR count). The Hall–Kier alpha value is -2.37. The van der Waals surface area contributed by atoms with E-state index in [2.05, 4.69) is 11.4 Å². The molecule has 144 valence electrons. The number of nitrogens with zero attached hydrogens (tertiary/aromatic N) is 1. The Bertz CT molecular complexity index is 792. The second-order valence-corrected chi connectivity index (χ2v) is 6.78. The van der Waals surface area contributed by atoms with Gasteiger partial charge in [-0.2, -0.15) is 0 Å². The monoisotopic (exact) mass is 387 g/mol. The molecule has 1 heterocycles. The second-order valence-electron chi connectivity index (χ2n) is 6.78. The van der Waals surface area contributed by atoms with Crippen molar-refractivity contribution in [1.29, 1.82) is 0 Å². The molecule has 0 radical (unpaired) electrons. The Balaban J connectivity index is 0.00000261. The van der Waals surface area contributed by atoms with Crippen LogP contribution in [0.3, 0.4) is 0 Å². The number of fused-ring (bicyclic) bond motifs is 1. The van der Waals surface area contributed by atoms with Crippen molar-refractivity contribution < 1.29 is 9.59 Å². The summed E-state index contributed by atoms with van der Waals surface area (Å²) >= 11 is 0. The van der Waals surface area contributed by atoms with Gasteiger partial charge >= 0.3 is 0 Å². The molecule has 2 aromatic carbocycles. The molecule has 0 fully saturated rings. The average molecular weight is 388 g/mol. The predicted octanol–water partition coefficient (Wildman–Crippen LogP) is 3.16. The van der Waals surface area contributed by atoms with E-state index in [-0.39, 0.29) is 30.1 Å². The molecular formula is C21H26ClN3O2. The number of carbonyl (C=O) groups is 2. The number of anilines is 2. The van der Waals surface area contributed by atoms with Crippen molar-refractivity contribution in [3.05, 3.63) is 59.7 Å². The predicted molar refractivity (Wildman–Crippen MR) is 111 cm³/mol. The molecule has 0 spiro atoms. The van der Waals surface area contributed by atoms with Gasteiger partial charge in [0.1, 0.15) is 0 Å². The normalized spacial score (nSPS) is 13.9. The van der Waals surface area contributed by atoms with Gasteiger partial charge in [0.2, 0.25) is 11.8 Å². The van der Waals surface area contributed by atoms with E-state index in [0.29, 0.717) is 13.0 Å². The zero-order valence-corrected chi connectivity index (χ0v) is 16.3. The Morgan fingerprint density at radius 3 is 2.56 bits per heavy atom. The minimum atomic E-state index is -0.226. The fraction of sp³-hybridized carbons (Fsp3) is 0.333. The van der Waals surface area contributed by atoms with E-state index in [0.717, 1.165) is 36.3 Å². The van der Waals surface area contributed by atoms with Crippen LogP contribution >= 0.6 is 12.4 Å². The van der Waals surface area contributed by atoms with E-state index < -0.39 is 0 Å². The van der Waals surface area contributed by atoms with Crippen molar-refractivity contribution in [3.8, 4) is 0 Å². The maximum Gasteiger partial charge on any atom is 0.231 e. The van der Waals surface area contributed by atoms with E-state index in [1.165, 1.54) is 5.56 Å². The number of hydrogen-bond acceptors (Lipinski definition) is 3. The van der Waals surface area contributed by atoms with Crippen molar-refractivity contribution >= 4 is 35.6 Å². The fourth-order valence-corrected chi connectivity index (χ4v) is 3.14. The lowest BCUT2D eigenvalue weighted by Crippen LogP contribution is -2.36. The first-order valence-corrected chi connectivity index (χ1v) is 9.06. The van der Waals surface area contributed by atoms with Gasteiger partial charge in [-0.3, -0.25) is 9.59 Å². The molecule has 0 aliphatic carbocycles. The maximum absolute atomic E-state index is 12.8. The van der Waals surface area contributed by atoms with Crippen LogP contribution in [0.25, 0.3) is 0 Å². The number of para-hydroxylation sites is 1. The van der Waals surface area contributed by atoms with Gasteiger partial charge < -0.3 is 16.0 Å². The summed E-state index contributed by atoms with van der Waals surface area (Å²) in [5.41, 5.74) is 9.42. The average Bonchev–Trinajstić information content (AvgIpc) is 2.68. The number of carbonyl (C=O) groups excluding carboxylic acids is 2. The molecule has 2 amide bonds. The number of hydrogen-bond donors (Lipinski definition) is 2. The number of benzene rings is 2. The van der Waals surface area contributed by atoms with Crippen molar-refractivity contribution in [1.82, 2.24) is 0 Å². The lowest BCUT2D eigenvalue weighted by Gasteiger charge is -2.29. The molecule has 1 aliphatic heterocycles. The molecule has 6 heteroatoms. The van der Waals surface area contributed by atoms with Crippen LogP contribution in [0.4, 0.5) is 11.4 Å². The van der Waals surface area contributed by atoms with E-state index >= 15 is 0 Å². The Morgan fingerprint density at radius 2 is 1.85 bits per heavy atom. The number of nitrogens with two attached hydrogens (primary N) is 1. The maximum atomic E-state index is 12.8. The summed E-state index contributed by atoms with van der Waals surface area (Å²) in [6.07, 6.45) is 2.37. The molecule has 5 nitrogen and oxygen atoms in total. The Morgan fingerprint density at radius 1 is 1.15 bits per heavy atom. The van der Waals surface area contributed by atoms with Gasteiger partial charge in [-0.25, -0.2) is 0 Å². The van der Waals surface area contributed by atoms with Gasteiger partial charge in [-0.05, 0) is 42.2 Å². The van der Waals surface area contributed by atoms with Crippen molar-refractivity contribution in [2.45, 2.75) is 26.2 Å². The summed E-state index contributed by atoms with van der Waals surface area (Å²) in [6.45, 7) is 2.87. The van der Waals surface area contributed by atoms with Gasteiger partial charge in [0.15, 0.2) is 0 Å². The number of halogens is 1. The summed E-state index contributed by atoms with van der Waals surface area (Å²) in [6, 6.07) is 15.5. The Labute approximate surface area is 166 Å². The molecule has 0 saturated heterocycles. The highest BCUT2D eigenvalue weighted by Gasteiger charge is 2.22. The highest BCUT2D eigenvalue weighted by Crippen LogP contribution is 2.27. The van der Waals surface area contributed by atoms with Crippen LogP contribution < -0.4 is 16.0 Å². The van der Waals surface area contributed by atoms with Crippen LogP contribution in [0.1, 0.15) is 24.5 Å². The topological polar surface area (TPSA) is 75.4 Å². The minimum Gasteiger partial charge on any atom is -0.330 e. The van der Waals surface area contributed by atoms with Crippen LogP contribution in [-0.4, -0.2) is 24.9 Å². The number of aryl methyl sites for hydroxylation is 1. The second kappa shape index (κ2) is 9.53. The third kappa shape index (κ3) is 5.08. The third-order valence-corrected chi connectivity index (χ3v) is 4.79. The molecule has 1 atom stereocenters. The fourth-order valence-electron chi connectivity index (χ4n) is 3.14. The molecule has 0 aromatic heterocycles. The molecule has 1 unspecified atom stereocenters. The molecule has 2 aromatic rings. The zero-order valence-electron chi connectivity index (χ0n) is 15.5. The van der Waals surface area contributed by atoms with E-state index in [4.69, 9.17) is 5.73 Å². The number of amides is 2. The first kappa shape index (κ1) is 20.9. The summed E-state index contributed by atoms with van der Waals surface area (Å²) in [5, 5.41) is 2.84. The largest absolute Gasteiger partial charge is 0.330 e. The van der Waals surface area contributed by atoms with Gasteiger partial charge in [0.05, 0.1) is 6.42 Å². The molecule has 1 aliphatic rings. The lowest BCUT2D eigenvalue weighted by atomic mass is 10.0. The molecule has 0 saturated carbocycles. The van der Waals surface area contributed by atoms with Crippen molar-refractivity contribution in [2.75, 3.05) is 23.3 Å². The molecule has 27 heavy (non-hydrogen) atoms. The summed E-state index contributed by atoms with van der Waals surface area (Å²) in [7, 11) is 0. The van der Waals surface area contributed by atoms with E-state index in [1.54, 1.807) is 6.92 Å². The first-order chi connectivity index (χ1) is 12.6. The van der Waals surface area contributed by atoms with Crippen LogP contribution in [0, 0.1) is 5.92 Å². The van der Waals surface area contributed by atoms with Gasteiger partial charge in [0.25, 0.3) is 0 Å². The van der Waals surface area contributed by atoms with Crippen LogP contribution in [0.15, 0.2) is 48.5 Å². The van der Waals surface area contributed by atoms with Crippen LogP contribution in [0.2, 0.25) is 0 Å². The molecule has 3 N–H and O–H groups in total. The first-order valence-electron chi connectivity index (χ1n) is 9.06. The lowest BCUT2D eigenvalue weighted by molar-refractivity contribution is -0.119. The van der Waals surface area contributed by atoms with Crippen molar-refractivity contribution in [2.24, 2.45) is 11.7 Å². The highest BCUT2D eigenvalue weighted by atomic mass is 35.5. The van der Waals surface area contributed by atoms with E-state index in [9.17, 15) is 9.59 Å². The zero-order chi connectivity index (χ0) is 18.5. The molecule has 0 bridgehead atoms. The standard InChI is InChI=1S/C21H25N3O2.ClH/c1-15(14-22)21(26)23-18-10-8-16(9-11-18)13-20(25)24-12-4-6-17-5-2-3-7-19(17)24;/h2-3,5,7-11,15H,4,6,12-14,22H2,1H3,(H,23,26);1H. The number of rotatable bonds is 5. The quantitative estimate of drug-likeness (QED) is 0.827.